The monoisotopic (exact) mass is 335 g/mol. The van der Waals surface area contributed by atoms with Crippen LogP contribution in [-0.2, 0) is 9.84 Å². The summed E-state index contributed by atoms with van der Waals surface area (Å²) in [4.78, 5) is 0.270. The fraction of sp³-hybridized carbons (Fsp3) is 0.133. The lowest BCUT2D eigenvalue weighted by molar-refractivity contribution is 0.491. The van der Waals surface area contributed by atoms with Gasteiger partial charge in [-0.3, -0.25) is 9.11 Å². The van der Waals surface area contributed by atoms with Crippen molar-refractivity contribution in [3.8, 4) is 6.07 Å². The van der Waals surface area contributed by atoms with Crippen LogP contribution in [0.5, 0.6) is 0 Å². The molecule has 0 aliphatic carbocycles. The first-order chi connectivity index (χ1) is 10.4. The van der Waals surface area contributed by atoms with E-state index in [4.69, 9.17) is 0 Å². The molecule has 7 heteroatoms. The SMILES string of the molecule is N#Cc1cccc2c1C(S(=O)(=O)c1ccccc1)CS2(O)O. The van der Waals surface area contributed by atoms with Crippen LogP contribution in [0.2, 0.25) is 0 Å². The van der Waals surface area contributed by atoms with Crippen LogP contribution in [0.15, 0.2) is 58.3 Å². The van der Waals surface area contributed by atoms with E-state index in [9.17, 15) is 22.8 Å². The Morgan fingerprint density at radius 1 is 1.09 bits per heavy atom. The molecule has 1 atom stereocenters. The van der Waals surface area contributed by atoms with Crippen molar-refractivity contribution < 1.29 is 17.5 Å². The lowest BCUT2D eigenvalue weighted by atomic mass is 10.1. The molecule has 5 nitrogen and oxygen atoms in total. The first kappa shape index (κ1) is 15.1. The molecular weight excluding hydrogens is 322 g/mol. The van der Waals surface area contributed by atoms with Gasteiger partial charge in [-0.05, 0) is 24.3 Å². The number of rotatable bonds is 2. The maximum Gasteiger partial charge on any atom is 0.187 e. The van der Waals surface area contributed by atoms with Gasteiger partial charge in [0, 0.05) is 5.56 Å². The maximum atomic E-state index is 12.8. The molecule has 114 valence electrons. The number of sulfone groups is 1. The van der Waals surface area contributed by atoms with Crippen LogP contribution in [0.3, 0.4) is 0 Å². The highest BCUT2D eigenvalue weighted by Crippen LogP contribution is 2.61. The Kier molecular flexibility index (Phi) is 3.50. The zero-order valence-electron chi connectivity index (χ0n) is 11.4. The molecule has 0 saturated heterocycles. The van der Waals surface area contributed by atoms with Gasteiger partial charge >= 0.3 is 0 Å². The van der Waals surface area contributed by atoms with Crippen LogP contribution in [0.1, 0.15) is 16.4 Å². The lowest BCUT2D eigenvalue weighted by Gasteiger charge is -2.27. The van der Waals surface area contributed by atoms with Crippen molar-refractivity contribution in [1.29, 1.82) is 5.26 Å². The molecule has 2 N–H and O–H groups in total. The minimum atomic E-state index is -3.81. The Bertz CT molecular complexity index is 870. The first-order valence-electron chi connectivity index (χ1n) is 6.46. The molecule has 2 aromatic rings. The molecule has 1 heterocycles. The molecule has 0 radical (unpaired) electrons. The number of benzene rings is 2. The van der Waals surface area contributed by atoms with Crippen molar-refractivity contribution in [2.45, 2.75) is 15.0 Å². The molecule has 22 heavy (non-hydrogen) atoms. The number of nitrogens with zero attached hydrogens (tertiary/aromatic N) is 1. The number of hydrogen-bond acceptors (Lipinski definition) is 5. The van der Waals surface area contributed by atoms with E-state index in [2.05, 4.69) is 0 Å². The summed E-state index contributed by atoms with van der Waals surface area (Å²) in [7, 11) is -7.01. The van der Waals surface area contributed by atoms with Crippen molar-refractivity contribution in [2.24, 2.45) is 0 Å². The predicted octanol–water partition coefficient (Wildman–Crippen LogP) is 3.20. The third-order valence-corrected chi connectivity index (χ3v) is 7.84. The summed E-state index contributed by atoms with van der Waals surface area (Å²) >= 11 is 0. The van der Waals surface area contributed by atoms with Gasteiger partial charge in [0.1, 0.15) is 5.25 Å². The summed E-state index contributed by atoms with van der Waals surface area (Å²) in [5, 5.41) is 8.11. The van der Waals surface area contributed by atoms with E-state index >= 15 is 0 Å². The molecule has 1 aliphatic rings. The lowest BCUT2D eigenvalue weighted by Crippen LogP contribution is -2.15. The van der Waals surface area contributed by atoms with E-state index in [1.807, 2.05) is 6.07 Å². The molecule has 2 aromatic carbocycles. The van der Waals surface area contributed by atoms with Crippen molar-refractivity contribution in [3.05, 3.63) is 59.7 Å². The largest absolute Gasteiger partial charge is 0.295 e. The van der Waals surface area contributed by atoms with Crippen molar-refractivity contribution >= 4 is 20.4 Å². The van der Waals surface area contributed by atoms with Crippen LogP contribution in [-0.4, -0.2) is 23.3 Å². The number of fused-ring (bicyclic) bond motifs is 1. The van der Waals surface area contributed by atoms with Crippen LogP contribution in [0.25, 0.3) is 0 Å². The quantitative estimate of drug-likeness (QED) is 0.878. The Balaban J connectivity index is 2.23. The van der Waals surface area contributed by atoms with Gasteiger partial charge in [0.25, 0.3) is 0 Å². The average Bonchev–Trinajstić information content (AvgIpc) is 2.81. The fourth-order valence-corrected chi connectivity index (χ4v) is 7.12. The highest BCUT2D eigenvalue weighted by molar-refractivity contribution is 8.25. The molecule has 0 aromatic heterocycles. The van der Waals surface area contributed by atoms with E-state index in [1.54, 1.807) is 18.2 Å². The highest BCUT2D eigenvalue weighted by atomic mass is 32.3. The minimum absolute atomic E-state index is 0.107. The Morgan fingerprint density at radius 3 is 2.41 bits per heavy atom. The smallest absolute Gasteiger partial charge is 0.187 e. The van der Waals surface area contributed by atoms with Crippen LogP contribution < -0.4 is 0 Å². The Labute approximate surface area is 130 Å². The summed E-state index contributed by atoms with van der Waals surface area (Å²) < 4.78 is 46.1. The van der Waals surface area contributed by atoms with Gasteiger partial charge in [0.15, 0.2) is 9.84 Å². The first-order valence-corrected chi connectivity index (χ1v) is 9.72. The Hall–Kier alpha value is -1.85. The molecule has 0 spiro atoms. The molecule has 3 rings (SSSR count). The molecule has 1 aliphatic heterocycles. The normalized spacial score (nSPS) is 20.9. The maximum absolute atomic E-state index is 12.8. The molecule has 0 saturated carbocycles. The molecular formula is C15H13NO4S2. The van der Waals surface area contributed by atoms with Gasteiger partial charge < -0.3 is 0 Å². The van der Waals surface area contributed by atoms with Gasteiger partial charge in [-0.1, -0.05) is 24.3 Å². The van der Waals surface area contributed by atoms with E-state index in [1.165, 1.54) is 30.3 Å². The molecule has 0 amide bonds. The van der Waals surface area contributed by atoms with E-state index < -0.39 is 25.7 Å². The van der Waals surface area contributed by atoms with Gasteiger partial charge in [-0.25, -0.2) is 8.42 Å². The zero-order chi connectivity index (χ0) is 16.0. The molecule has 1 unspecified atom stereocenters. The molecule has 0 bridgehead atoms. The van der Waals surface area contributed by atoms with E-state index in [0.29, 0.717) is 0 Å². The van der Waals surface area contributed by atoms with Crippen LogP contribution >= 0.6 is 10.6 Å². The fourth-order valence-electron chi connectivity index (χ4n) is 2.66. The van der Waals surface area contributed by atoms with E-state index in [-0.39, 0.29) is 26.7 Å². The van der Waals surface area contributed by atoms with Crippen molar-refractivity contribution in [3.63, 3.8) is 0 Å². The van der Waals surface area contributed by atoms with E-state index in [0.717, 1.165) is 0 Å². The second-order valence-electron chi connectivity index (χ2n) is 5.01. The minimum Gasteiger partial charge on any atom is -0.295 e. The van der Waals surface area contributed by atoms with Gasteiger partial charge in [0.2, 0.25) is 0 Å². The Morgan fingerprint density at radius 2 is 1.77 bits per heavy atom. The van der Waals surface area contributed by atoms with Crippen molar-refractivity contribution in [1.82, 2.24) is 0 Å². The predicted molar refractivity (Wildman–Crippen MR) is 83.5 cm³/mol. The summed E-state index contributed by atoms with van der Waals surface area (Å²) in [6, 6.07) is 14.3. The third-order valence-electron chi connectivity index (χ3n) is 3.69. The zero-order valence-corrected chi connectivity index (χ0v) is 13.0. The summed E-state index contributed by atoms with van der Waals surface area (Å²) in [6.07, 6.45) is 0. The summed E-state index contributed by atoms with van der Waals surface area (Å²) in [5.74, 6) is -0.307. The highest BCUT2D eigenvalue weighted by Gasteiger charge is 2.44. The average molecular weight is 335 g/mol. The van der Waals surface area contributed by atoms with Gasteiger partial charge in [-0.15, -0.1) is 0 Å². The number of hydrogen-bond donors (Lipinski definition) is 2. The second-order valence-corrected chi connectivity index (χ2v) is 9.25. The van der Waals surface area contributed by atoms with Crippen LogP contribution in [0, 0.1) is 11.3 Å². The number of nitriles is 1. The van der Waals surface area contributed by atoms with Gasteiger partial charge in [-0.2, -0.15) is 15.9 Å². The van der Waals surface area contributed by atoms with Gasteiger partial charge in [0.05, 0.1) is 27.2 Å². The third kappa shape index (κ3) is 2.21. The second kappa shape index (κ2) is 5.11. The molecule has 0 fully saturated rings. The van der Waals surface area contributed by atoms with Crippen molar-refractivity contribution in [2.75, 3.05) is 5.75 Å². The van der Waals surface area contributed by atoms with Crippen LogP contribution in [0.4, 0.5) is 0 Å². The summed E-state index contributed by atoms with van der Waals surface area (Å²) in [5.41, 5.74) is 0.383. The standard InChI is InChI=1S/C15H13NO4S2/c16-9-11-5-4-8-13-15(11)14(10-21(13,17)18)22(19,20)12-6-2-1-3-7-12/h1-8,14,17-18H,10H2. The topological polar surface area (TPSA) is 98.4 Å². The summed E-state index contributed by atoms with van der Waals surface area (Å²) in [6.45, 7) is 0.